The normalized spacial score (nSPS) is 15.2. The molecule has 0 atom stereocenters. The monoisotopic (exact) mass is 526 g/mol. The van der Waals surface area contributed by atoms with E-state index in [1.54, 1.807) is 34.8 Å². The third-order valence-electron chi connectivity index (χ3n) is 7.12. The first-order valence-corrected chi connectivity index (χ1v) is 13.9. The van der Waals surface area contributed by atoms with E-state index >= 15 is 0 Å². The highest BCUT2D eigenvalue weighted by Crippen LogP contribution is 2.32. The minimum Gasteiger partial charge on any atom is -0.361 e. The molecule has 0 radical (unpaired) electrons. The lowest BCUT2D eigenvalue weighted by atomic mass is 10.0. The fourth-order valence-electron chi connectivity index (χ4n) is 4.71. The Morgan fingerprint density at radius 3 is 2.47 bits per heavy atom. The molecule has 1 saturated heterocycles. The summed E-state index contributed by atoms with van der Waals surface area (Å²) in [7, 11) is -1.52. The summed E-state index contributed by atoms with van der Waals surface area (Å²) < 4.78 is 27.6. The van der Waals surface area contributed by atoms with Crippen LogP contribution in [0.3, 0.4) is 0 Å². The van der Waals surface area contributed by atoms with Crippen LogP contribution in [-0.2, 0) is 10.0 Å². The minimum absolute atomic E-state index is 0.293. The molecule has 8 nitrogen and oxygen atoms in total. The largest absolute Gasteiger partial charge is 0.361 e. The summed E-state index contributed by atoms with van der Waals surface area (Å²) in [6.45, 7) is 6.39. The number of likely N-dealkylation sites (N-methyl/N-ethyl adjacent to an activating group) is 1. The van der Waals surface area contributed by atoms with E-state index in [-0.39, 0.29) is 0 Å². The SMILES string of the molecule is Cc1ncc(C#N)c(Nc2ccc3[nH]ccc3c2C)c1/C=C/c1ccc(S(=O)(=O)N2CCN(C)CC2)cc1. The molecule has 38 heavy (non-hydrogen) atoms. The Bertz CT molecular complexity index is 1660. The number of hydrogen-bond acceptors (Lipinski definition) is 6. The van der Waals surface area contributed by atoms with E-state index in [0.717, 1.165) is 52.1 Å². The van der Waals surface area contributed by atoms with Gasteiger partial charge in [0.1, 0.15) is 6.07 Å². The summed E-state index contributed by atoms with van der Waals surface area (Å²) >= 11 is 0. The van der Waals surface area contributed by atoms with Gasteiger partial charge in [-0.05, 0) is 62.4 Å². The summed E-state index contributed by atoms with van der Waals surface area (Å²) in [5, 5.41) is 14.4. The second kappa shape index (κ2) is 10.4. The zero-order valence-corrected chi connectivity index (χ0v) is 22.5. The maximum Gasteiger partial charge on any atom is 0.243 e. The molecule has 0 spiro atoms. The van der Waals surface area contributed by atoms with Gasteiger partial charge in [0.25, 0.3) is 0 Å². The number of aromatic amines is 1. The Morgan fingerprint density at radius 1 is 1.03 bits per heavy atom. The average Bonchev–Trinajstić information content (AvgIpc) is 3.40. The third-order valence-corrected chi connectivity index (χ3v) is 9.04. The smallest absolute Gasteiger partial charge is 0.243 e. The van der Waals surface area contributed by atoms with Crippen molar-refractivity contribution in [2.24, 2.45) is 0 Å². The number of anilines is 2. The Kier molecular flexibility index (Phi) is 7.04. The minimum atomic E-state index is -3.52. The van der Waals surface area contributed by atoms with Crippen LogP contribution in [0.2, 0.25) is 0 Å². The molecule has 0 amide bonds. The van der Waals surface area contributed by atoms with Gasteiger partial charge in [-0.15, -0.1) is 0 Å². The molecule has 1 aliphatic heterocycles. The van der Waals surface area contributed by atoms with Crippen molar-refractivity contribution >= 4 is 44.5 Å². The summed E-state index contributed by atoms with van der Waals surface area (Å²) in [5.41, 5.74) is 6.59. The van der Waals surface area contributed by atoms with E-state index in [1.165, 1.54) is 0 Å². The number of aryl methyl sites for hydroxylation is 2. The topological polar surface area (TPSA) is 105 Å². The van der Waals surface area contributed by atoms with Crippen LogP contribution in [0, 0.1) is 25.2 Å². The van der Waals surface area contributed by atoms with Crippen LogP contribution >= 0.6 is 0 Å². The molecular weight excluding hydrogens is 496 g/mol. The van der Waals surface area contributed by atoms with Crippen molar-refractivity contribution in [3.05, 3.63) is 82.8 Å². The highest BCUT2D eigenvalue weighted by atomic mass is 32.2. The highest BCUT2D eigenvalue weighted by Gasteiger charge is 2.27. The number of benzene rings is 2. The molecule has 2 N–H and O–H groups in total. The first-order valence-electron chi connectivity index (χ1n) is 12.5. The molecule has 2 aromatic heterocycles. The summed E-state index contributed by atoms with van der Waals surface area (Å²) in [6.07, 6.45) is 7.32. The van der Waals surface area contributed by atoms with Crippen molar-refractivity contribution in [2.75, 3.05) is 38.5 Å². The van der Waals surface area contributed by atoms with E-state index in [9.17, 15) is 13.7 Å². The zero-order valence-electron chi connectivity index (χ0n) is 21.7. The predicted octanol–water partition coefficient (Wildman–Crippen LogP) is 4.90. The number of nitriles is 1. The number of nitrogens with one attached hydrogen (secondary N) is 2. The van der Waals surface area contributed by atoms with Crippen molar-refractivity contribution in [2.45, 2.75) is 18.7 Å². The van der Waals surface area contributed by atoms with Crippen LogP contribution in [0.5, 0.6) is 0 Å². The number of nitrogens with zero attached hydrogens (tertiary/aromatic N) is 4. The van der Waals surface area contributed by atoms with Gasteiger partial charge in [-0.25, -0.2) is 8.42 Å². The van der Waals surface area contributed by atoms with Crippen molar-refractivity contribution in [3.63, 3.8) is 0 Å². The molecule has 0 unspecified atom stereocenters. The van der Waals surface area contributed by atoms with Gasteiger partial charge in [0, 0.05) is 66.4 Å². The van der Waals surface area contributed by atoms with Crippen LogP contribution in [0.25, 0.3) is 23.1 Å². The second-order valence-electron chi connectivity index (χ2n) is 9.57. The quantitative estimate of drug-likeness (QED) is 0.370. The van der Waals surface area contributed by atoms with E-state index in [4.69, 9.17) is 0 Å². The maximum absolute atomic E-state index is 13.1. The number of rotatable bonds is 6. The van der Waals surface area contributed by atoms with Crippen molar-refractivity contribution < 1.29 is 8.42 Å². The summed E-state index contributed by atoms with van der Waals surface area (Å²) in [4.78, 5) is 10.1. The molecule has 5 rings (SSSR count). The van der Waals surface area contributed by atoms with Gasteiger partial charge in [0.05, 0.1) is 16.1 Å². The molecule has 0 bridgehead atoms. The molecule has 3 heterocycles. The molecule has 0 aliphatic carbocycles. The predicted molar refractivity (Wildman–Crippen MR) is 152 cm³/mol. The molecule has 194 valence electrons. The van der Waals surface area contributed by atoms with Crippen molar-refractivity contribution in [3.8, 4) is 6.07 Å². The van der Waals surface area contributed by atoms with Gasteiger partial charge in [-0.1, -0.05) is 24.3 Å². The number of aromatic nitrogens is 2. The molecule has 0 saturated carbocycles. The average molecular weight is 527 g/mol. The summed E-state index contributed by atoms with van der Waals surface area (Å²) in [6, 6.07) is 15.2. The standard InChI is InChI=1S/C29H30N6O2S/c1-20-25-12-13-31-28(25)11-10-27(20)33-29-23(18-30)19-32-21(2)26(29)9-6-22-4-7-24(8-5-22)38(36,37)35-16-14-34(3)15-17-35/h4-13,19,31H,14-17H2,1-3H3,(H,32,33)/b9-6+. The van der Waals surface area contributed by atoms with E-state index < -0.39 is 10.0 Å². The Morgan fingerprint density at radius 2 is 1.76 bits per heavy atom. The molecular formula is C29H30N6O2S. The molecule has 9 heteroatoms. The first kappa shape index (κ1) is 25.7. The summed E-state index contributed by atoms with van der Waals surface area (Å²) in [5.74, 6) is 0. The van der Waals surface area contributed by atoms with Gasteiger partial charge in [0.2, 0.25) is 10.0 Å². The number of piperazine rings is 1. The second-order valence-corrected chi connectivity index (χ2v) is 11.5. The van der Waals surface area contributed by atoms with Gasteiger partial charge in [-0.2, -0.15) is 9.57 Å². The first-order chi connectivity index (χ1) is 18.3. The van der Waals surface area contributed by atoms with E-state index in [2.05, 4.69) is 26.3 Å². The Balaban J connectivity index is 1.43. The Labute approximate surface area is 223 Å². The number of hydrogen-bond donors (Lipinski definition) is 2. The van der Waals surface area contributed by atoms with Crippen LogP contribution in [0.15, 0.2) is 59.8 Å². The molecule has 2 aromatic carbocycles. The van der Waals surface area contributed by atoms with Gasteiger partial charge in [0.15, 0.2) is 0 Å². The number of fused-ring (bicyclic) bond motifs is 1. The van der Waals surface area contributed by atoms with Gasteiger partial charge < -0.3 is 15.2 Å². The number of H-pyrrole nitrogens is 1. The van der Waals surface area contributed by atoms with E-state index in [0.29, 0.717) is 29.2 Å². The Hall–Kier alpha value is -3.97. The van der Waals surface area contributed by atoms with Gasteiger partial charge >= 0.3 is 0 Å². The fraction of sp³-hybridized carbons (Fsp3) is 0.241. The van der Waals surface area contributed by atoms with Crippen LogP contribution in [-0.4, -0.2) is 60.8 Å². The zero-order chi connectivity index (χ0) is 26.9. The molecule has 1 fully saturated rings. The van der Waals surface area contributed by atoms with Crippen LogP contribution in [0.1, 0.15) is 27.9 Å². The maximum atomic E-state index is 13.1. The van der Waals surface area contributed by atoms with E-state index in [1.807, 2.05) is 57.4 Å². The van der Waals surface area contributed by atoms with Crippen molar-refractivity contribution in [1.82, 2.24) is 19.2 Å². The lowest BCUT2D eigenvalue weighted by Gasteiger charge is -2.31. The molecule has 4 aromatic rings. The van der Waals surface area contributed by atoms with Crippen LogP contribution < -0.4 is 5.32 Å². The number of pyridine rings is 1. The fourth-order valence-corrected chi connectivity index (χ4v) is 6.13. The third kappa shape index (κ3) is 4.94. The highest BCUT2D eigenvalue weighted by molar-refractivity contribution is 7.89. The van der Waals surface area contributed by atoms with Crippen molar-refractivity contribution in [1.29, 1.82) is 5.26 Å². The lowest BCUT2D eigenvalue weighted by molar-refractivity contribution is 0.222. The van der Waals surface area contributed by atoms with Crippen LogP contribution in [0.4, 0.5) is 11.4 Å². The molecule has 1 aliphatic rings. The van der Waals surface area contributed by atoms with Gasteiger partial charge in [-0.3, -0.25) is 4.98 Å². The number of sulfonamides is 1. The lowest BCUT2D eigenvalue weighted by Crippen LogP contribution is -2.46.